The number of rotatable bonds is 5. The number of fused-ring (bicyclic) bond motifs is 1. The first-order chi connectivity index (χ1) is 12.8. The molecule has 2 heterocycles. The molecule has 1 fully saturated rings. The van der Waals surface area contributed by atoms with E-state index in [1.807, 2.05) is 6.07 Å². The van der Waals surface area contributed by atoms with Crippen molar-refractivity contribution in [1.29, 1.82) is 0 Å². The lowest BCUT2D eigenvalue weighted by atomic mass is 10.1. The number of aromatic nitrogens is 2. The predicted octanol–water partition coefficient (Wildman–Crippen LogP) is 3.21. The Morgan fingerprint density at radius 2 is 1.77 bits per heavy atom. The fourth-order valence-corrected chi connectivity index (χ4v) is 3.16. The van der Waals surface area contributed by atoms with Gasteiger partial charge in [0.05, 0.1) is 13.2 Å². The monoisotopic (exact) mass is 352 g/mol. The summed E-state index contributed by atoms with van der Waals surface area (Å²) in [7, 11) is 0. The van der Waals surface area contributed by atoms with Crippen molar-refractivity contribution in [3.05, 3.63) is 65.7 Å². The molecule has 0 radical (unpaired) electrons. The standard InChI is InChI=1S/C20H21FN4O/c21-18-3-1-2-17-19(18)23-14-24-20(17)22-12-15-4-6-16(7-5-15)13-25-8-10-26-11-9-25/h1-7,14H,8-13H2,(H,22,23,24). The molecule has 1 aromatic heterocycles. The Balaban J connectivity index is 1.41. The Bertz CT molecular complexity index is 879. The van der Waals surface area contributed by atoms with Gasteiger partial charge in [0.1, 0.15) is 23.5 Å². The van der Waals surface area contributed by atoms with Crippen LogP contribution in [0.5, 0.6) is 0 Å². The molecule has 1 saturated heterocycles. The van der Waals surface area contributed by atoms with Crippen molar-refractivity contribution in [1.82, 2.24) is 14.9 Å². The summed E-state index contributed by atoms with van der Waals surface area (Å²) in [5, 5.41) is 3.98. The summed E-state index contributed by atoms with van der Waals surface area (Å²) in [5.74, 6) is 0.312. The van der Waals surface area contributed by atoms with Crippen molar-refractivity contribution in [2.45, 2.75) is 13.1 Å². The minimum atomic E-state index is -0.333. The number of ether oxygens (including phenoxy) is 1. The Hall–Kier alpha value is -2.57. The summed E-state index contributed by atoms with van der Waals surface area (Å²) >= 11 is 0. The van der Waals surface area contributed by atoms with Gasteiger partial charge in [0.2, 0.25) is 0 Å². The molecule has 134 valence electrons. The van der Waals surface area contributed by atoms with Gasteiger partial charge < -0.3 is 10.1 Å². The highest BCUT2D eigenvalue weighted by Crippen LogP contribution is 2.21. The molecule has 3 aromatic rings. The molecule has 0 amide bonds. The first kappa shape index (κ1) is 16.9. The zero-order valence-electron chi connectivity index (χ0n) is 14.5. The van der Waals surface area contributed by atoms with Gasteiger partial charge in [-0.3, -0.25) is 4.90 Å². The molecule has 0 bridgehead atoms. The van der Waals surface area contributed by atoms with Crippen molar-refractivity contribution < 1.29 is 9.13 Å². The second-order valence-electron chi connectivity index (χ2n) is 6.42. The molecule has 0 unspecified atom stereocenters. The van der Waals surface area contributed by atoms with E-state index in [9.17, 15) is 4.39 Å². The van der Waals surface area contributed by atoms with Crippen LogP contribution in [0.3, 0.4) is 0 Å². The normalized spacial score (nSPS) is 15.3. The van der Waals surface area contributed by atoms with Gasteiger partial charge in [0.15, 0.2) is 0 Å². The van der Waals surface area contributed by atoms with Crippen LogP contribution in [0.2, 0.25) is 0 Å². The van der Waals surface area contributed by atoms with Gasteiger partial charge in [-0.05, 0) is 23.3 Å². The minimum Gasteiger partial charge on any atom is -0.379 e. The molecule has 1 aliphatic rings. The van der Waals surface area contributed by atoms with Crippen LogP contribution in [-0.2, 0) is 17.8 Å². The number of benzene rings is 2. The molecular weight excluding hydrogens is 331 g/mol. The van der Waals surface area contributed by atoms with Crippen molar-refractivity contribution in [3.63, 3.8) is 0 Å². The minimum absolute atomic E-state index is 0.333. The maximum atomic E-state index is 13.8. The van der Waals surface area contributed by atoms with E-state index in [-0.39, 0.29) is 5.82 Å². The predicted molar refractivity (Wildman–Crippen MR) is 99.4 cm³/mol. The van der Waals surface area contributed by atoms with Crippen molar-refractivity contribution in [3.8, 4) is 0 Å². The van der Waals surface area contributed by atoms with E-state index >= 15 is 0 Å². The van der Waals surface area contributed by atoms with Gasteiger partial charge in [0.25, 0.3) is 0 Å². The molecule has 1 N–H and O–H groups in total. The van der Waals surface area contributed by atoms with E-state index in [0.29, 0.717) is 23.3 Å². The van der Waals surface area contributed by atoms with Crippen LogP contribution in [-0.4, -0.2) is 41.2 Å². The highest BCUT2D eigenvalue weighted by molar-refractivity contribution is 5.89. The zero-order valence-corrected chi connectivity index (χ0v) is 14.5. The highest BCUT2D eigenvalue weighted by atomic mass is 19.1. The largest absolute Gasteiger partial charge is 0.379 e. The van der Waals surface area contributed by atoms with Gasteiger partial charge in [-0.15, -0.1) is 0 Å². The lowest BCUT2D eigenvalue weighted by Gasteiger charge is -2.26. The third kappa shape index (κ3) is 3.81. The van der Waals surface area contributed by atoms with E-state index in [2.05, 4.69) is 44.5 Å². The van der Waals surface area contributed by atoms with E-state index in [4.69, 9.17) is 4.74 Å². The third-order valence-corrected chi connectivity index (χ3v) is 4.61. The Morgan fingerprint density at radius 3 is 2.58 bits per heavy atom. The van der Waals surface area contributed by atoms with Crippen LogP contribution < -0.4 is 5.32 Å². The Kier molecular flexibility index (Phi) is 5.04. The molecule has 0 saturated carbocycles. The van der Waals surface area contributed by atoms with Crippen molar-refractivity contribution in [2.75, 3.05) is 31.6 Å². The molecular formula is C20H21FN4O. The smallest absolute Gasteiger partial charge is 0.149 e. The number of hydrogen-bond donors (Lipinski definition) is 1. The maximum Gasteiger partial charge on any atom is 0.149 e. The third-order valence-electron chi connectivity index (χ3n) is 4.61. The van der Waals surface area contributed by atoms with Crippen molar-refractivity contribution in [2.24, 2.45) is 0 Å². The Morgan fingerprint density at radius 1 is 1.00 bits per heavy atom. The van der Waals surface area contributed by atoms with Gasteiger partial charge in [-0.2, -0.15) is 0 Å². The number of nitrogens with one attached hydrogen (secondary N) is 1. The Labute approximate surface area is 151 Å². The van der Waals surface area contributed by atoms with Crippen LogP contribution in [0, 0.1) is 5.82 Å². The fraction of sp³-hybridized carbons (Fsp3) is 0.300. The lowest BCUT2D eigenvalue weighted by Crippen LogP contribution is -2.35. The SMILES string of the molecule is Fc1cccc2c(NCc3ccc(CN4CCOCC4)cc3)ncnc12. The summed E-state index contributed by atoms with van der Waals surface area (Å²) < 4.78 is 19.2. The number of para-hydroxylation sites is 1. The number of hydrogen-bond acceptors (Lipinski definition) is 5. The second-order valence-corrected chi connectivity index (χ2v) is 6.42. The lowest BCUT2D eigenvalue weighted by molar-refractivity contribution is 0.0342. The van der Waals surface area contributed by atoms with Crippen LogP contribution >= 0.6 is 0 Å². The van der Waals surface area contributed by atoms with Gasteiger partial charge in [0, 0.05) is 31.6 Å². The van der Waals surface area contributed by atoms with Crippen LogP contribution in [0.1, 0.15) is 11.1 Å². The van der Waals surface area contributed by atoms with Crippen LogP contribution in [0.15, 0.2) is 48.8 Å². The molecule has 1 aliphatic heterocycles. The molecule has 0 spiro atoms. The molecule has 0 aliphatic carbocycles. The van der Waals surface area contributed by atoms with Crippen LogP contribution in [0.4, 0.5) is 10.2 Å². The number of anilines is 1. The number of nitrogens with zero attached hydrogens (tertiary/aromatic N) is 3. The van der Waals surface area contributed by atoms with E-state index in [0.717, 1.165) is 38.4 Å². The quantitative estimate of drug-likeness (QED) is 0.764. The topological polar surface area (TPSA) is 50.3 Å². The molecule has 6 heteroatoms. The summed E-state index contributed by atoms with van der Waals surface area (Å²) in [6.07, 6.45) is 1.39. The van der Waals surface area contributed by atoms with Gasteiger partial charge in [-0.25, -0.2) is 14.4 Å². The first-order valence-corrected chi connectivity index (χ1v) is 8.80. The van der Waals surface area contributed by atoms with Crippen LogP contribution in [0.25, 0.3) is 10.9 Å². The summed E-state index contributed by atoms with van der Waals surface area (Å²) in [6.45, 7) is 5.18. The summed E-state index contributed by atoms with van der Waals surface area (Å²) in [6, 6.07) is 13.5. The average Bonchev–Trinajstić information content (AvgIpc) is 2.69. The summed E-state index contributed by atoms with van der Waals surface area (Å²) in [5.41, 5.74) is 2.79. The highest BCUT2D eigenvalue weighted by Gasteiger charge is 2.11. The molecule has 4 rings (SSSR count). The van der Waals surface area contributed by atoms with E-state index < -0.39 is 0 Å². The molecule has 26 heavy (non-hydrogen) atoms. The molecule has 0 atom stereocenters. The second kappa shape index (κ2) is 7.76. The van der Waals surface area contributed by atoms with Gasteiger partial charge in [-0.1, -0.05) is 30.3 Å². The van der Waals surface area contributed by atoms with Crippen molar-refractivity contribution >= 4 is 16.7 Å². The maximum absolute atomic E-state index is 13.8. The molecule has 2 aromatic carbocycles. The fourth-order valence-electron chi connectivity index (χ4n) is 3.16. The van der Waals surface area contributed by atoms with Gasteiger partial charge >= 0.3 is 0 Å². The zero-order chi connectivity index (χ0) is 17.8. The number of halogens is 1. The molecule has 5 nitrogen and oxygen atoms in total. The first-order valence-electron chi connectivity index (χ1n) is 8.80. The van der Waals surface area contributed by atoms with E-state index in [1.165, 1.54) is 18.0 Å². The average molecular weight is 352 g/mol. The van der Waals surface area contributed by atoms with E-state index in [1.54, 1.807) is 6.07 Å². The summed E-state index contributed by atoms with van der Waals surface area (Å²) in [4.78, 5) is 10.7. The number of morpholine rings is 1.